The van der Waals surface area contributed by atoms with E-state index < -0.39 is 0 Å². The summed E-state index contributed by atoms with van der Waals surface area (Å²) in [6.07, 6.45) is 6.33. The van der Waals surface area contributed by atoms with E-state index in [1.54, 1.807) is 0 Å². The minimum Gasteiger partial charge on any atom is -0.381 e. The van der Waals surface area contributed by atoms with Gasteiger partial charge in [0.2, 0.25) is 17.6 Å². The maximum atomic E-state index is 12.9. The van der Waals surface area contributed by atoms with Crippen molar-refractivity contribution in [3.05, 3.63) is 36.2 Å². The standard InChI is InChI=1S/C24H31N3O4/c28-23(20-7-13-29-14-8-20)27-11-9-24(10-12-27)17-18(6-15-30-24)16-21-25-22(26-31-21)19-4-2-1-3-5-19/h1-5,18,20H,6-17H2. The van der Waals surface area contributed by atoms with Crippen LogP contribution in [0.2, 0.25) is 0 Å². The second kappa shape index (κ2) is 9.09. The summed E-state index contributed by atoms with van der Waals surface area (Å²) in [7, 11) is 0. The third-order valence-corrected chi connectivity index (χ3v) is 7.12. The molecule has 0 saturated carbocycles. The van der Waals surface area contributed by atoms with E-state index in [1.807, 2.05) is 30.3 Å². The molecule has 0 bridgehead atoms. The Labute approximate surface area is 183 Å². The minimum absolute atomic E-state index is 0.113. The first-order valence-electron chi connectivity index (χ1n) is 11.6. The maximum Gasteiger partial charge on any atom is 0.227 e. The average Bonchev–Trinajstić information content (AvgIpc) is 3.29. The minimum atomic E-state index is -0.113. The van der Waals surface area contributed by atoms with Crippen LogP contribution in [-0.2, 0) is 20.7 Å². The van der Waals surface area contributed by atoms with Crippen molar-refractivity contribution < 1.29 is 18.8 Å². The number of carbonyl (C=O) groups is 1. The van der Waals surface area contributed by atoms with Gasteiger partial charge in [0.15, 0.2) is 0 Å². The molecule has 3 fully saturated rings. The number of hydrogen-bond donors (Lipinski definition) is 0. The molecule has 7 heteroatoms. The van der Waals surface area contributed by atoms with Crippen molar-refractivity contribution >= 4 is 5.91 Å². The Hall–Kier alpha value is -2.25. The van der Waals surface area contributed by atoms with Crippen molar-refractivity contribution in [2.75, 3.05) is 32.9 Å². The van der Waals surface area contributed by atoms with E-state index in [1.165, 1.54) is 0 Å². The predicted molar refractivity (Wildman–Crippen MR) is 114 cm³/mol. The van der Waals surface area contributed by atoms with Gasteiger partial charge in [0, 0.05) is 50.8 Å². The molecule has 0 radical (unpaired) electrons. The topological polar surface area (TPSA) is 77.7 Å². The molecule has 3 saturated heterocycles. The number of carbonyl (C=O) groups excluding carboxylic acids is 1. The van der Waals surface area contributed by atoms with Crippen LogP contribution >= 0.6 is 0 Å². The number of likely N-dealkylation sites (tertiary alicyclic amines) is 1. The highest BCUT2D eigenvalue weighted by atomic mass is 16.5. The quantitative estimate of drug-likeness (QED) is 0.746. The van der Waals surface area contributed by atoms with Crippen LogP contribution in [0.4, 0.5) is 0 Å². The van der Waals surface area contributed by atoms with Gasteiger partial charge in [-0.1, -0.05) is 35.5 Å². The molecule has 7 nitrogen and oxygen atoms in total. The zero-order chi connectivity index (χ0) is 21.1. The molecule has 3 aliphatic heterocycles. The highest BCUT2D eigenvalue weighted by Crippen LogP contribution is 2.39. The van der Waals surface area contributed by atoms with Gasteiger partial charge in [-0.25, -0.2) is 0 Å². The van der Waals surface area contributed by atoms with Gasteiger partial charge in [-0.05, 0) is 44.4 Å². The number of benzene rings is 1. The highest BCUT2D eigenvalue weighted by molar-refractivity contribution is 5.79. The summed E-state index contributed by atoms with van der Waals surface area (Å²) >= 11 is 0. The Kier molecular flexibility index (Phi) is 6.05. The van der Waals surface area contributed by atoms with Crippen LogP contribution in [0, 0.1) is 11.8 Å². The molecule has 1 aromatic carbocycles. The van der Waals surface area contributed by atoms with E-state index in [2.05, 4.69) is 15.0 Å². The maximum absolute atomic E-state index is 12.9. The molecule has 1 spiro atoms. The first kappa shape index (κ1) is 20.6. The van der Waals surface area contributed by atoms with E-state index in [0.717, 1.165) is 70.2 Å². The Balaban J connectivity index is 1.16. The SMILES string of the molecule is O=C(C1CCOCC1)N1CCC2(CC1)CC(Cc1nc(-c3ccccc3)no1)CCO2. The Morgan fingerprint density at radius 3 is 2.61 bits per heavy atom. The summed E-state index contributed by atoms with van der Waals surface area (Å²) in [6, 6.07) is 9.93. The molecular weight excluding hydrogens is 394 g/mol. The molecular formula is C24H31N3O4. The molecule has 31 heavy (non-hydrogen) atoms. The average molecular weight is 426 g/mol. The number of nitrogens with zero attached hydrogens (tertiary/aromatic N) is 3. The van der Waals surface area contributed by atoms with Crippen molar-refractivity contribution in [2.24, 2.45) is 11.8 Å². The smallest absolute Gasteiger partial charge is 0.227 e. The van der Waals surface area contributed by atoms with E-state index in [9.17, 15) is 4.79 Å². The summed E-state index contributed by atoms with van der Waals surface area (Å²) in [6.45, 7) is 3.77. The van der Waals surface area contributed by atoms with Crippen LogP contribution in [0.1, 0.15) is 44.4 Å². The van der Waals surface area contributed by atoms with Crippen molar-refractivity contribution in [1.82, 2.24) is 15.0 Å². The Morgan fingerprint density at radius 2 is 1.84 bits per heavy atom. The number of amides is 1. The van der Waals surface area contributed by atoms with Crippen LogP contribution in [0.25, 0.3) is 11.4 Å². The molecule has 5 rings (SSSR count). The van der Waals surface area contributed by atoms with E-state index >= 15 is 0 Å². The fourth-order valence-electron chi connectivity index (χ4n) is 5.28. The first-order valence-corrected chi connectivity index (χ1v) is 11.6. The van der Waals surface area contributed by atoms with E-state index in [-0.39, 0.29) is 11.5 Å². The van der Waals surface area contributed by atoms with Gasteiger partial charge in [-0.2, -0.15) is 4.98 Å². The van der Waals surface area contributed by atoms with Gasteiger partial charge >= 0.3 is 0 Å². The Morgan fingerprint density at radius 1 is 1.06 bits per heavy atom. The lowest BCUT2D eigenvalue weighted by atomic mass is 9.78. The zero-order valence-corrected chi connectivity index (χ0v) is 18.0. The largest absolute Gasteiger partial charge is 0.381 e. The molecule has 3 aliphatic rings. The van der Waals surface area contributed by atoms with Crippen molar-refractivity contribution in [3.63, 3.8) is 0 Å². The Bertz CT molecular complexity index is 870. The molecule has 0 aliphatic carbocycles. The first-order chi connectivity index (χ1) is 15.2. The zero-order valence-electron chi connectivity index (χ0n) is 18.0. The molecule has 166 valence electrons. The van der Waals surface area contributed by atoms with Gasteiger partial charge in [0.1, 0.15) is 0 Å². The summed E-state index contributed by atoms with van der Waals surface area (Å²) in [4.78, 5) is 19.5. The van der Waals surface area contributed by atoms with Gasteiger partial charge in [0.25, 0.3) is 0 Å². The number of aromatic nitrogens is 2. The second-order valence-corrected chi connectivity index (χ2v) is 9.18. The van der Waals surface area contributed by atoms with E-state index in [0.29, 0.717) is 36.8 Å². The number of piperidine rings is 1. The molecule has 4 heterocycles. The van der Waals surface area contributed by atoms with Crippen molar-refractivity contribution in [2.45, 2.75) is 50.5 Å². The molecule has 2 aromatic rings. The number of hydrogen-bond acceptors (Lipinski definition) is 6. The molecule has 1 unspecified atom stereocenters. The van der Waals surface area contributed by atoms with Crippen molar-refractivity contribution in [1.29, 1.82) is 0 Å². The van der Waals surface area contributed by atoms with Crippen LogP contribution in [0.15, 0.2) is 34.9 Å². The normalized spacial score (nSPS) is 24.4. The monoisotopic (exact) mass is 425 g/mol. The third kappa shape index (κ3) is 4.67. The van der Waals surface area contributed by atoms with Gasteiger partial charge < -0.3 is 18.9 Å². The summed E-state index contributed by atoms with van der Waals surface area (Å²) in [5, 5.41) is 4.16. The van der Waals surface area contributed by atoms with Crippen LogP contribution in [0.5, 0.6) is 0 Å². The van der Waals surface area contributed by atoms with Gasteiger partial charge in [-0.3, -0.25) is 4.79 Å². The second-order valence-electron chi connectivity index (χ2n) is 9.18. The lowest BCUT2D eigenvalue weighted by molar-refractivity contribution is -0.152. The lowest BCUT2D eigenvalue weighted by Gasteiger charge is -2.46. The van der Waals surface area contributed by atoms with Crippen molar-refractivity contribution in [3.8, 4) is 11.4 Å². The van der Waals surface area contributed by atoms with Gasteiger partial charge in [-0.15, -0.1) is 0 Å². The fourth-order valence-corrected chi connectivity index (χ4v) is 5.28. The molecule has 1 atom stereocenters. The summed E-state index contributed by atoms with van der Waals surface area (Å²) < 4.78 is 17.3. The lowest BCUT2D eigenvalue weighted by Crippen LogP contribution is -2.52. The predicted octanol–water partition coefficient (Wildman–Crippen LogP) is 3.49. The van der Waals surface area contributed by atoms with Crippen LogP contribution in [0.3, 0.4) is 0 Å². The van der Waals surface area contributed by atoms with E-state index in [4.69, 9.17) is 14.0 Å². The molecule has 1 aromatic heterocycles. The fraction of sp³-hybridized carbons (Fsp3) is 0.625. The summed E-state index contributed by atoms with van der Waals surface area (Å²) in [5.74, 6) is 2.27. The number of rotatable bonds is 4. The van der Waals surface area contributed by atoms with Crippen LogP contribution in [-0.4, -0.2) is 59.5 Å². The molecule has 0 N–H and O–H groups in total. The summed E-state index contributed by atoms with van der Waals surface area (Å²) in [5.41, 5.74) is 0.861. The number of ether oxygens (including phenoxy) is 2. The third-order valence-electron chi connectivity index (χ3n) is 7.12. The van der Waals surface area contributed by atoms with Crippen LogP contribution < -0.4 is 0 Å². The highest BCUT2D eigenvalue weighted by Gasteiger charge is 2.42. The molecule has 1 amide bonds. The van der Waals surface area contributed by atoms with Gasteiger partial charge in [0.05, 0.1) is 5.60 Å².